The molecule has 1 saturated carbocycles. The number of benzene rings is 1. The Morgan fingerprint density at radius 2 is 1.97 bits per heavy atom. The van der Waals surface area contributed by atoms with Crippen LogP contribution in [0, 0.1) is 5.92 Å². The van der Waals surface area contributed by atoms with Crippen LogP contribution >= 0.6 is 0 Å². The molecule has 0 bridgehead atoms. The quantitative estimate of drug-likeness (QED) is 0.654. The Labute approximate surface area is 188 Å². The Bertz CT molecular complexity index is 1130. The number of piperidine rings is 1. The Morgan fingerprint density at radius 1 is 1.12 bits per heavy atom. The largest absolute Gasteiger partial charge is 0.497 e. The van der Waals surface area contributed by atoms with Crippen molar-refractivity contribution < 1.29 is 4.74 Å². The Hall–Kier alpha value is -2.74. The van der Waals surface area contributed by atoms with E-state index in [0.29, 0.717) is 17.5 Å². The van der Waals surface area contributed by atoms with Gasteiger partial charge in [-0.1, -0.05) is 26.2 Å². The van der Waals surface area contributed by atoms with Crippen molar-refractivity contribution >= 4 is 10.9 Å². The number of H-pyrrole nitrogens is 1. The zero-order valence-electron chi connectivity index (χ0n) is 19.0. The molecule has 32 heavy (non-hydrogen) atoms. The number of nitrogens with zero attached hydrogens (tertiary/aromatic N) is 5. The summed E-state index contributed by atoms with van der Waals surface area (Å²) in [5, 5.41) is 14.0. The van der Waals surface area contributed by atoms with Crippen molar-refractivity contribution in [1.82, 2.24) is 30.1 Å². The molecule has 1 saturated heterocycles. The molecular weight excluding hydrogens is 404 g/mol. The number of aromatic nitrogens is 5. The molecule has 8 heteroatoms. The fourth-order valence-corrected chi connectivity index (χ4v) is 5.46. The van der Waals surface area contributed by atoms with E-state index in [9.17, 15) is 4.79 Å². The number of hydrogen-bond donors (Lipinski definition) is 1. The van der Waals surface area contributed by atoms with Gasteiger partial charge in [-0.05, 0) is 72.8 Å². The lowest BCUT2D eigenvalue weighted by Crippen LogP contribution is -2.41. The van der Waals surface area contributed by atoms with Crippen molar-refractivity contribution in [2.75, 3.05) is 20.2 Å². The van der Waals surface area contributed by atoms with Crippen LogP contribution in [0.5, 0.6) is 5.75 Å². The number of aromatic amines is 1. The molecule has 0 unspecified atom stereocenters. The van der Waals surface area contributed by atoms with E-state index in [1.165, 1.54) is 25.7 Å². The number of nitrogens with one attached hydrogen (secondary N) is 1. The van der Waals surface area contributed by atoms with Crippen LogP contribution in [-0.2, 0) is 0 Å². The van der Waals surface area contributed by atoms with E-state index in [0.717, 1.165) is 54.8 Å². The Balaban J connectivity index is 1.64. The molecule has 2 atom stereocenters. The van der Waals surface area contributed by atoms with Gasteiger partial charge in [0.25, 0.3) is 5.56 Å². The third kappa shape index (κ3) is 4.03. The maximum absolute atomic E-state index is 13.3. The fraction of sp³-hybridized carbons (Fsp3) is 0.583. The molecule has 1 aliphatic carbocycles. The first-order valence-electron chi connectivity index (χ1n) is 11.9. The van der Waals surface area contributed by atoms with Crippen LogP contribution in [0.2, 0.25) is 0 Å². The zero-order valence-corrected chi connectivity index (χ0v) is 19.0. The SMILES string of the molecule is COc1ccc2[nH]c(=O)c([C@H](c3nnnn3C3CCCCC3)N3CCC[C@H](C)C3)cc2c1. The van der Waals surface area contributed by atoms with Gasteiger partial charge < -0.3 is 9.72 Å². The lowest BCUT2D eigenvalue weighted by molar-refractivity contribution is 0.138. The van der Waals surface area contributed by atoms with Crippen LogP contribution in [-0.4, -0.2) is 50.3 Å². The summed E-state index contributed by atoms with van der Waals surface area (Å²) in [5.74, 6) is 2.13. The number of rotatable bonds is 5. The van der Waals surface area contributed by atoms with Crippen molar-refractivity contribution in [3.63, 3.8) is 0 Å². The number of methoxy groups -OCH3 is 1. The minimum Gasteiger partial charge on any atom is -0.497 e. The molecule has 170 valence electrons. The van der Waals surface area contributed by atoms with E-state index in [-0.39, 0.29) is 11.6 Å². The van der Waals surface area contributed by atoms with Gasteiger partial charge in [0.15, 0.2) is 5.82 Å². The average Bonchev–Trinajstić information content (AvgIpc) is 3.29. The Kier molecular flexibility index (Phi) is 5.95. The van der Waals surface area contributed by atoms with Gasteiger partial charge in [0, 0.05) is 23.0 Å². The molecule has 1 N–H and O–H groups in total. The molecule has 1 aliphatic heterocycles. The third-order valence-electron chi connectivity index (χ3n) is 7.11. The molecule has 8 nitrogen and oxygen atoms in total. The molecule has 5 rings (SSSR count). The van der Waals surface area contributed by atoms with Crippen LogP contribution < -0.4 is 10.3 Å². The van der Waals surface area contributed by atoms with E-state index in [4.69, 9.17) is 4.74 Å². The topological polar surface area (TPSA) is 88.9 Å². The summed E-state index contributed by atoms with van der Waals surface area (Å²) in [5.41, 5.74) is 1.42. The first-order chi connectivity index (χ1) is 15.6. The summed E-state index contributed by atoms with van der Waals surface area (Å²) in [4.78, 5) is 18.8. The first kappa shape index (κ1) is 21.1. The maximum Gasteiger partial charge on any atom is 0.253 e. The van der Waals surface area contributed by atoms with E-state index >= 15 is 0 Å². The lowest BCUT2D eigenvalue weighted by Gasteiger charge is -2.37. The van der Waals surface area contributed by atoms with Crippen molar-refractivity contribution in [3.8, 4) is 5.75 Å². The Morgan fingerprint density at radius 3 is 2.75 bits per heavy atom. The summed E-state index contributed by atoms with van der Waals surface area (Å²) in [6.45, 7) is 4.14. The smallest absolute Gasteiger partial charge is 0.253 e. The highest BCUT2D eigenvalue weighted by Gasteiger charge is 2.34. The van der Waals surface area contributed by atoms with Gasteiger partial charge in [-0.3, -0.25) is 9.69 Å². The monoisotopic (exact) mass is 436 g/mol. The second-order valence-electron chi connectivity index (χ2n) is 9.43. The minimum absolute atomic E-state index is 0.0795. The van der Waals surface area contributed by atoms with Crippen LogP contribution in [0.3, 0.4) is 0 Å². The molecule has 0 amide bonds. The van der Waals surface area contributed by atoms with Gasteiger partial charge in [0.1, 0.15) is 11.8 Å². The van der Waals surface area contributed by atoms with Crippen LogP contribution in [0.1, 0.15) is 75.3 Å². The molecule has 0 spiro atoms. The second-order valence-corrected chi connectivity index (χ2v) is 9.43. The highest BCUT2D eigenvalue weighted by Crippen LogP contribution is 2.35. The van der Waals surface area contributed by atoms with E-state index < -0.39 is 0 Å². The molecular formula is C24H32N6O2. The predicted octanol–water partition coefficient (Wildman–Crippen LogP) is 3.85. The van der Waals surface area contributed by atoms with Crippen molar-refractivity contribution in [2.45, 2.75) is 64.0 Å². The first-order valence-corrected chi connectivity index (χ1v) is 11.9. The average molecular weight is 437 g/mol. The summed E-state index contributed by atoms with van der Waals surface area (Å²) >= 11 is 0. The standard InChI is InChI=1S/C24H32N6O2/c1-16-7-6-12-29(15-16)22(23-26-27-28-30(23)18-8-4-3-5-9-18)20-14-17-13-19(32-2)10-11-21(17)25-24(20)31/h10-11,13-14,16,18,22H,3-9,12,15H2,1-2H3,(H,25,31)/t16-,22+/m0/s1. The summed E-state index contributed by atoms with van der Waals surface area (Å²) in [7, 11) is 1.66. The van der Waals surface area contributed by atoms with E-state index in [2.05, 4.69) is 32.3 Å². The van der Waals surface area contributed by atoms with Gasteiger partial charge >= 0.3 is 0 Å². The molecule has 2 aliphatic rings. The lowest BCUT2D eigenvalue weighted by atomic mass is 9.93. The van der Waals surface area contributed by atoms with Crippen LogP contribution in [0.15, 0.2) is 29.1 Å². The van der Waals surface area contributed by atoms with Gasteiger partial charge in [-0.15, -0.1) is 5.10 Å². The summed E-state index contributed by atoms with van der Waals surface area (Å²) < 4.78 is 7.43. The third-order valence-corrected chi connectivity index (χ3v) is 7.11. The van der Waals surface area contributed by atoms with Gasteiger partial charge in [0.05, 0.1) is 13.2 Å². The summed E-state index contributed by atoms with van der Waals surface area (Å²) in [6, 6.07) is 7.76. The highest BCUT2D eigenvalue weighted by atomic mass is 16.5. The maximum atomic E-state index is 13.3. The second kappa shape index (κ2) is 9.02. The highest BCUT2D eigenvalue weighted by molar-refractivity contribution is 5.80. The minimum atomic E-state index is -0.269. The predicted molar refractivity (Wildman–Crippen MR) is 123 cm³/mol. The molecule has 1 aromatic carbocycles. The number of tetrazole rings is 1. The van der Waals surface area contributed by atoms with Gasteiger partial charge in [-0.2, -0.15) is 0 Å². The van der Waals surface area contributed by atoms with E-state index in [1.807, 2.05) is 28.9 Å². The van der Waals surface area contributed by atoms with E-state index in [1.54, 1.807) is 7.11 Å². The summed E-state index contributed by atoms with van der Waals surface area (Å²) in [6.07, 6.45) is 8.17. The van der Waals surface area contributed by atoms with Gasteiger partial charge in [-0.25, -0.2) is 4.68 Å². The number of hydrogen-bond acceptors (Lipinski definition) is 6. The number of likely N-dealkylation sites (tertiary alicyclic amines) is 1. The number of pyridine rings is 1. The zero-order chi connectivity index (χ0) is 22.1. The van der Waals surface area contributed by atoms with Gasteiger partial charge in [0.2, 0.25) is 0 Å². The van der Waals surface area contributed by atoms with Crippen LogP contribution in [0.4, 0.5) is 0 Å². The van der Waals surface area contributed by atoms with Crippen molar-refractivity contribution in [1.29, 1.82) is 0 Å². The molecule has 0 radical (unpaired) electrons. The number of ether oxygens (including phenoxy) is 1. The van der Waals surface area contributed by atoms with Crippen molar-refractivity contribution in [2.24, 2.45) is 5.92 Å². The number of fused-ring (bicyclic) bond motifs is 1. The molecule has 2 aromatic heterocycles. The molecule has 3 heterocycles. The molecule has 2 fully saturated rings. The van der Waals surface area contributed by atoms with Crippen LogP contribution in [0.25, 0.3) is 10.9 Å². The van der Waals surface area contributed by atoms with Crippen molar-refractivity contribution in [3.05, 3.63) is 46.0 Å². The molecule has 3 aromatic rings. The fourth-order valence-electron chi connectivity index (χ4n) is 5.46. The normalized spacial score (nSPS) is 21.6.